The first kappa shape index (κ1) is 23.1. The number of aromatic amines is 1. The van der Waals surface area contributed by atoms with Crippen molar-refractivity contribution in [1.82, 2.24) is 25.0 Å². The zero-order valence-electron chi connectivity index (χ0n) is 20.4. The summed E-state index contributed by atoms with van der Waals surface area (Å²) in [4.78, 5) is 36.8. The number of benzene rings is 1. The third-order valence-corrected chi connectivity index (χ3v) is 7.33. The van der Waals surface area contributed by atoms with Crippen molar-refractivity contribution < 1.29 is 9.59 Å². The molecule has 35 heavy (non-hydrogen) atoms. The van der Waals surface area contributed by atoms with E-state index in [1.165, 1.54) is 16.8 Å². The summed E-state index contributed by atoms with van der Waals surface area (Å²) < 4.78 is 0. The van der Waals surface area contributed by atoms with Crippen LogP contribution in [0.5, 0.6) is 0 Å². The van der Waals surface area contributed by atoms with Crippen molar-refractivity contribution in [2.75, 3.05) is 44.2 Å². The Morgan fingerprint density at radius 2 is 1.83 bits per heavy atom. The van der Waals surface area contributed by atoms with E-state index in [1.54, 1.807) is 23.4 Å². The molecule has 2 aromatic heterocycles. The molecular formula is C27H32N6O2. The number of piperidine rings is 1. The van der Waals surface area contributed by atoms with Crippen molar-refractivity contribution >= 4 is 17.5 Å². The number of anilines is 1. The summed E-state index contributed by atoms with van der Waals surface area (Å²) in [6.45, 7) is 8.50. The predicted octanol–water partition coefficient (Wildman–Crippen LogP) is 3.29. The molecule has 8 heteroatoms. The molecule has 4 heterocycles. The summed E-state index contributed by atoms with van der Waals surface area (Å²) >= 11 is 0. The van der Waals surface area contributed by atoms with Gasteiger partial charge in [-0.1, -0.05) is 12.1 Å². The Morgan fingerprint density at radius 3 is 2.60 bits per heavy atom. The second-order valence-corrected chi connectivity index (χ2v) is 9.53. The summed E-state index contributed by atoms with van der Waals surface area (Å²) in [5, 5.41) is 7.15. The second kappa shape index (κ2) is 9.90. The lowest BCUT2D eigenvalue weighted by Crippen LogP contribution is -2.53. The normalized spacial score (nSPS) is 18.6. The van der Waals surface area contributed by atoms with Crippen LogP contribution in [0.4, 0.5) is 5.69 Å². The van der Waals surface area contributed by atoms with Gasteiger partial charge in [-0.3, -0.25) is 19.7 Å². The van der Waals surface area contributed by atoms with Crippen LogP contribution in [0.1, 0.15) is 34.5 Å². The van der Waals surface area contributed by atoms with E-state index in [0.717, 1.165) is 31.5 Å². The van der Waals surface area contributed by atoms with Gasteiger partial charge in [0.05, 0.1) is 11.6 Å². The van der Waals surface area contributed by atoms with Gasteiger partial charge in [0, 0.05) is 62.9 Å². The number of carbonyl (C=O) groups excluding carboxylic acids is 2. The fourth-order valence-electron chi connectivity index (χ4n) is 5.13. The maximum absolute atomic E-state index is 13.4. The monoisotopic (exact) mass is 472 g/mol. The summed E-state index contributed by atoms with van der Waals surface area (Å²) in [5.41, 5.74) is 5.84. The fraction of sp³-hybridized carbons (Fsp3) is 0.407. The Labute approximate surface area is 205 Å². The number of piperazine rings is 1. The number of H-pyrrole nitrogens is 1. The number of hydrogen-bond acceptors (Lipinski definition) is 5. The average Bonchev–Trinajstić information content (AvgIpc) is 3.41. The minimum absolute atomic E-state index is 0.107. The van der Waals surface area contributed by atoms with Crippen LogP contribution in [0.15, 0.2) is 48.8 Å². The highest BCUT2D eigenvalue weighted by molar-refractivity contribution is 5.94. The molecule has 2 fully saturated rings. The van der Waals surface area contributed by atoms with Gasteiger partial charge in [0.1, 0.15) is 5.69 Å². The van der Waals surface area contributed by atoms with Crippen molar-refractivity contribution in [3.8, 4) is 11.3 Å². The van der Waals surface area contributed by atoms with Crippen LogP contribution < -0.4 is 4.90 Å². The lowest BCUT2D eigenvalue weighted by atomic mass is 9.95. The lowest BCUT2D eigenvalue weighted by Gasteiger charge is -2.40. The summed E-state index contributed by atoms with van der Waals surface area (Å²) in [7, 11) is 0. The van der Waals surface area contributed by atoms with E-state index in [4.69, 9.17) is 0 Å². The molecule has 0 bridgehead atoms. The highest BCUT2D eigenvalue weighted by Crippen LogP contribution is 2.26. The summed E-state index contributed by atoms with van der Waals surface area (Å²) in [5.74, 6) is -0.0886. The van der Waals surface area contributed by atoms with E-state index in [2.05, 4.69) is 52.1 Å². The third kappa shape index (κ3) is 4.78. The number of nitrogens with zero attached hydrogens (tertiary/aromatic N) is 5. The van der Waals surface area contributed by atoms with Crippen LogP contribution in [-0.2, 0) is 4.79 Å². The smallest absolute Gasteiger partial charge is 0.271 e. The van der Waals surface area contributed by atoms with Crippen molar-refractivity contribution in [1.29, 1.82) is 0 Å². The van der Waals surface area contributed by atoms with E-state index in [-0.39, 0.29) is 17.7 Å². The van der Waals surface area contributed by atoms with Crippen molar-refractivity contribution in [2.24, 2.45) is 5.92 Å². The maximum atomic E-state index is 13.4. The molecular weight excluding hydrogens is 440 g/mol. The van der Waals surface area contributed by atoms with E-state index in [9.17, 15) is 9.59 Å². The van der Waals surface area contributed by atoms with Gasteiger partial charge in [-0.25, -0.2) is 0 Å². The Bertz CT molecular complexity index is 1200. The first-order chi connectivity index (χ1) is 17.0. The van der Waals surface area contributed by atoms with Crippen molar-refractivity contribution in [3.63, 3.8) is 0 Å². The van der Waals surface area contributed by atoms with Gasteiger partial charge >= 0.3 is 0 Å². The second-order valence-electron chi connectivity index (χ2n) is 9.53. The van der Waals surface area contributed by atoms with Crippen LogP contribution in [0.2, 0.25) is 0 Å². The van der Waals surface area contributed by atoms with Crippen LogP contribution in [-0.4, -0.2) is 76.1 Å². The molecule has 0 aliphatic carbocycles. The molecule has 8 nitrogen and oxygen atoms in total. The Hall–Kier alpha value is -3.68. The lowest BCUT2D eigenvalue weighted by molar-refractivity contribution is -0.137. The molecule has 2 aliphatic rings. The van der Waals surface area contributed by atoms with Gasteiger partial charge in [-0.05, 0) is 62.1 Å². The molecule has 1 aromatic carbocycles. The number of aromatic nitrogens is 3. The van der Waals surface area contributed by atoms with Gasteiger partial charge in [-0.15, -0.1) is 0 Å². The Kier molecular flexibility index (Phi) is 6.53. The van der Waals surface area contributed by atoms with Crippen LogP contribution in [0.3, 0.4) is 0 Å². The molecule has 2 saturated heterocycles. The van der Waals surface area contributed by atoms with Crippen LogP contribution in [0, 0.1) is 19.8 Å². The number of aryl methyl sites for hydroxylation is 1. The number of pyridine rings is 1. The highest BCUT2D eigenvalue weighted by atomic mass is 16.2. The van der Waals surface area contributed by atoms with Gasteiger partial charge in [-0.2, -0.15) is 5.10 Å². The molecule has 5 rings (SSSR count). The first-order valence-electron chi connectivity index (χ1n) is 12.4. The van der Waals surface area contributed by atoms with E-state index in [0.29, 0.717) is 37.6 Å². The molecule has 2 amide bonds. The third-order valence-electron chi connectivity index (χ3n) is 7.33. The van der Waals surface area contributed by atoms with Gasteiger partial charge < -0.3 is 14.7 Å². The Morgan fingerprint density at radius 1 is 1.00 bits per heavy atom. The maximum Gasteiger partial charge on any atom is 0.271 e. The number of carbonyl (C=O) groups is 2. The van der Waals surface area contributed by atoms with E-state index >= 15 is 0 Å². The number of amides is 2. The quantitative estimate of drug-likeness (QED) is 0.630. The fourth-order valence-corrected chi connectivity index (χ4v) is 5.13. The minimum Gasteiger partial charge on any atom is -0.368 e. The summed E-state index contributed by atoms with van der Waals surface area (Å²) in [6, 6.07) is 11.9. The standard InChI is InChI=1S/C27H32N6O2/c1-19-6-3-9-25(20(19)2)31-12-14-32(15-13-31)26(34)22-8-5-11-33(18-22)27(35)24-16-23(29-30-24)21-7-4-10-28-17-21/h3-4,6-7,9-10,16-17,22H,5,8,11-15,18H2,1-2H3,(H,29,30)/t22-/m1/s1. The van der Waals surface area contributed by atoms with Gasteiger partial charge in [0.2, 0.25) is 5.91 Å². The Balaban J connectivity index is 1.19. The van der Waals surface area contributed by atoms with E-state index < -0.39 is 0 Å². The molecule has 0 spiro atoms. The molecule has 0 unspecified atom stereocenters. The molecule has 1 atom stereocenters. The number of likely N-dealkylation sites (tertiary alicyclic amines) is 1. The van der Waals surface area contributed by atoms with Crippen LogP contribution >= 0.6 is 0 Å². The average molecular weight is 473 g/mol. The van der Waals surface area contributed by atoms with Gasteiger partial charge in [0.25, 0.3) is 5.91 Å². The SMILES string of the molecule is Cc1cccc(N2CCN(C(=O)[C@@H]3CCCN(C(=O)c4cc(-c5cccnc5)n[nH]4)C3)CC2)c1C. The summed E-state index contributed by atoms with van der Waals surface area (Å²) in [6.07, 6.45) is 5.08. The molecule has 2 aliphatic heterocycles. The van der Waals surface area contributed by atoms with Gasteiger partial charge in [0.15, 0.2) is 0 Å². The van der Waals surface area contributed by atoms with Crippen molar-refractivity contribution in [3.05, 3.63) is 65.6 Å². The number of nitrogens with one attached hydrogen (secondary N) is 1. The number of rotatable bonds is 4. The highest BCUT2D eigenvalue weighted by Gasteiger charge is 2.33. The molecule has 3 aromatic rings. The van der Waals surface area contributed by atoms with Crippen molar-refractivity contribution in [2.45, 2.75) is 26.7 Å². The van der Waals surface area contributed by atoms with Crippen LogP contribution in [0.25, 0.3) is 11.3 Å². The largest absolute Gasteiger partial charge is 0.368 e. The topological polar surface area (TPSA) is 85.4 Å². The minimum atomic E-state index is -0.152. The van der Waals surface area contributed by atoms with E-state index in [1.807, 2.05) is 17.0 Å². The zero-order chi connectivity index (χ0) is 24.4. The molecule has 1 N–H and O–H groups in total. The zero-order valence-corrected chi connectivity index (χ0v) is 20.4. The molecule has 0 saturated carbocycles. The predicted molar refractivity (Wildman–Crippen MR) is 135 cm³/mol. The first-order valence-corrected chi connectivity index (χ1v) is 12.4. The molecule has 182 valence electrons. The number of hydrogen-bond donors (Lipinski definition) is 1. The molecule has 0 radical (unpaired) electrons.